The Morgan fingerprint density at radius 1 is 1.33 bits per heavy atom. The number of nitrogen functional groups attached to an aromatic ring is 1. The van der Waals surface area contributed by atoms with E-state index in [2.05, 4.69) is 4.98 Å². The number of pyridine rings is 1. The van der Waals surface area contributed by atoms with E-state index in [1.807, 2.05) is 0 Å². The summed E-state index contributed by atoms with van der Waals surface area (Å²) >= 11 is 11.2. The van der Waals surface area contributed by atoms with Gasteiger partial charge in [0.1, 0.15) is 5.56 Å². The summed E-state index contributed by atoms with van der Waals surface area (Å²) in [5.41, 5.74) is 6.72. The summed E-state index contributed by atoms with van der Waals surface area (Å²) in [5, 5.41) is 10.1. The molecule has 2 aromatic rings. The highest BCUT2D eigenvalue weighted by Crippen LogP contribution is 2.24. The van der Waals surface area contributed by atoms with Gasteiger partial charge in [-0.3, -0.25) is 14.9 Å². The van der Waals surface area contributed by atoms with E-state index in [0.29, 0.717) is 23.4 Å². The Hall–Kier alpha value is -2.18. The first-order chi connectivity index (χ1) is 9.88. The average Bonchev–Trinajstić information content (AvgIpc) is 2.42. The van der Waals surface area contributed by atoms with Gasteiger partial charge in [-0.25, -0.2) is 4.98 Å². The number of nitrogens with zero attached hydrogens (tertiary/aromatic N) is 2. The third-order valence-corrected chi connectivity index (χ3v) is 3.30. The van der Waals surface area contributed by atoms with Crippen LogP contribution in [0.5, 0.6) is 0 Å². The Kier molecular flexibility index (Phi) is 4.40. The molecule has 2 N–H and O–H groups in total. The fraction of sp³-hybridized carbons (Fsp3) is 0.0769. The fourth-order valence-electron chi connectivity index (χ4n) is 1.80. The van der Waals surface area contributed by atoms with Crippen molar-refractivity contribution in [1.82, 2.24) is 4.98 Å². The number of nitro groups is 1. The van der Waals surface area contributed by atoms with Crippen LogP contribution in [-0.4, -0.2) is 15.1 Å². The maximum atomic E-state index is 11.3. The van der Waals surface area contributed by atoms with Crippen LogP contribution in [0.4, 0.5) is 11.4 Å². The molecule has 0 fully saturated rings. The summed E-state index contributed by atoms with van der Waals surface area (Å²) in [6.07, 6.45) is 0.342. The third-order valence-electron chi connectivity index (χ3n) is 2.79. The molecular weight excluding hydrogens is 317 g/mol. The zero-order valence-corrected chi connectivity index (χ0v) is 12.1. The van der Waals surface area contributed by atoms with E-state index in [0.717, 1.165) is 0 Å². The predicted octanol–water partition coefficient (Wildman–Crippen LogP) is 3.20. The third kappa shape index (κ3) is 3.48. The number of aromatic nitrogens is 1. The van der Waals surface area contributed by atoms with Crippen molar-refractivity contribution in [2.24, 2.45) is 0 Å². The van der Waals surface area contributed by atoms with Crippen LogP contribution >= 0.6 is 23.2 Å². The van der Waals surface area contributed by atoms with E-state index in [-0.39, 0.29) is 16.4 Å². The van der Waals surface area contributed by atoms with Gasteiger partial charge < -0.3 is 5.73 Å². The van der Waals surface area contributed by atoms with Crippen molar-refractivity contribution < 1.29 is 9.72 Å². The number of carbonyl (C=O) groups is 1. The average molecular weight is 326 g/mol. The van der Waals surface area contributed by atoms with Gasteiger partial charge in [0.15, 0.2) is 5.15 Å². The molecule has 8 heteroatoms. The van der Waals surface area contributed by atoms with Crippen molar-refractivity contribution in [3.63, 3.8) is 0 Å². The quantitative estimate of drug-likeness (QED) is 0.402. The normalized spacial score (nSPS) is 10.4. The zero-order valence-electron chi connectivity index (χ0n) is 10.5. The Morgan fingerprint density at radius 3 is 2.62 bits per heavy atom. The number of benzene rings is 1. The molecule has 1 heterocycles. The van der Waals surface area contributed by atoms with Gasteiger partial charge in [0.05, 0.1) is 10.6 Å². The first-order valence-electron chi connectivity index (χ1n) is 5.76. The second-order valence-corrected chi connectivity index (χ2v) is 4.94. The minimum absolute atomic E-state index is 0.152. The van der Waals surface area contributed by atoms with Crippen molar-refractivity contribution in [1.29, 1.82) is 0 Å². The van der Waals surface area contributed by atoms with E-state index >= 15 is 0 Å². The monoisotopic (exact) mass is 325 g/mol. The Balaban J connectivity index is 2.36. The highest BCUT2D eigenvalue weighted by Gasteiger charge is 2.19. The molecule has 1 aromatic heterocycles. The second kappa shape index (κ2) is 6.07. The van der Waals surface area contributed by atoms with Crippen LogP contribution in [0, 0.1) is 10.1 Å². The van der Waals surface area contributed by atoms with Crippen LogP contribution in [0.15, 0.2) is 30.3 Å². The lowest BCUT2D eigenvalue weighted by atomic mass is 10.0. The van der Waals surface area contributed by atoms with E-state index in [1.165, 1.54) is 18.2 Å². The number of rotatable bonds is 4. The van der Waals surface area contributed by atoms with Gasteiger partial charge in [0.2, 0.25) is 0 Å². The highest BCUT2D eigenvalue weighted by molar-refractivity contribution is 6.68. The molecule has 0 radical (unpaired) electrons. The van der Waals surface area contributed by atoms with Crippen molar-refractivity contribution in [3.05, 3.63) is 62.4 Å². The lowest BCUT2D eigenvalue weighted by Crippen LogP contribution is -2.01. The molecule has 0 bridgehead atoms. The Morgan fingerprint density at radius 2 is 2.05 bits per heavy atom. The van der Waals surface area contributed by atoms with Crippen molar-refractivity contribution in [2.45, 2.75) is 6.42 Å². The molecule has 108 valence electrons. The zero-order chi connectivity index (χ0) is 15.6. The van der Waals surface area contributed by atoms with Gasteiger partial charge in [-0.05, 0) is 35.4 Å². The molecule has 0 aliphatic heterocycles. The molecule has 0 atom stereocenters. The standard InChI is InChI=1S/C13H9Cl2N3O3/c14-12-10(16)3-2-8(17-12)5-7-1-4-11(18(20)21)9(6-7)13(15)19/h1-4,6H,5,16H2. The van der Waals surface area contributed by atoms with E-state index in [9.17, 15) is 14.9 Å². The fourth-order valence-corrected chi connectivity index (χ4v) is 2.12. The summed E-state index contributed by atoms with van der Waals surface area (Å²) in [5.74, 6) is 0. The molecule has 0 saturated heterocycles. The second-order valence-electron chi connectivity index (χ2n) is 4.24. The molecular formula is C13H9Cl2N3O3. The molecule has 2 rings (SSSR count). The number of carbonyl (C=O) groups excluding carboxylic acids is 1. The number of anilines is 1. The minimum atomic E-state index is -0.883. The van der Waals surface area contributed by atoms with Gasteiger partial charge in [0.25, 0.3) is 10.9 Å². The summed E-state index contributed by atoms with van der Waals surface area (Å²) in [7, 11) is 0. The van der Waals surface area contributed by atoms with Crippen molar-refractivity contribution >= 4 is 39.8 Å². The summed E-state index contributed by atoms with van der Waals surface area (Å²) in [4.78, 5) is 25.5. The van der Waals surface area contributed by atoms with Gasteiger partial charge in [-0.2, -0.15) is 0 Å². The number of halogens is 2. The smallest absolute Gasteiger partial charge is 0.281 e. The van der Waals surface area contributed by atoms with Crippen molar-refractivity contribution in [2.75, 3.05) is 5.73 Å². The van der Waals surface area contributed by atoms with Crippen LogP contribution in [0.2, 0.25) is 5.15 Å². The highest BCUT2D eigenvalue weighted by atomic mass is 35.5. The first kappa shape index (κ1) is 15.2. The molecule has 21 heavy (non-hydrogen) atoms. The van der Waals surface area contributed by atoms with E-state index in [4.69, 9.17) is 28.9 Å². The predicted molar refractivity (Wildman–Crippen MR) is 79.7 cm³/mol. The topological polar surface area (TPSA) is 99.1 Å². The van der Waals surface area contributed by atoms with E-state index in [1.54, 1.807) is 12.1 Å². The number of nitro benzene ring substituents is 1. The molecule has 0 amide bonds. The van der Waals surface area contributed by atoms with Crippen LogP contribution in [0.1, 0.15) is 21.6 Å². The van der Waals surface area contributed by atoms with Crippen LogP contribution < -0.4 is 5.73 Å². The summed E-state index contributed by atoms with van der Waals surface area (Å²) in [6, 6.07) is 7.45. The van der Waals surface area contributed by atoms with Gasteiger partial charge in [-0.15, -0.1) is 0 Å². The molecule has 0 unspecified atom stereocenters. The largest absolute Gasteiger partial charge is 0.396 e. The van der Waals surface area contributed by atoms with Crippen LogP contribution in [-0.2, 0) is 6.42 Å². The lowest BCUT2D eigenvalue weighted by Gasteiger charge is -2.05. The Labute approximate surface area is 129 Å². The minimum Gasteiger partial charge on any atom is -0.396 e. The molecule has 0 saturated carbocycles. The number of hydrogen-bond donors (Lipinski definition) is 1. The van der Waals surface area contributed by atoms with Gasteiger partial charge >= 0.3 is 0 Å². The first-order valence-corrected chi connectivity index (χ1v) is 6.52. The molecule has 0 aliphatic rings. The van der Waals surface area contributed by atoms with Crippen LogP contribution in [0.3, 0.4) is 0 Å². The number of nitrogens with two attached hydrogens (primary N) is 1. The summed E-state index contributed by atoms with van der Waals surface area (Å²) < 4.78 is 0. The molecule has 6 nitrogen and oxygen atoms in total. The van der Waals surface area contributed by atoms with Crippen molar-refractivity contribution in [3.8, 4) is 0 Å². The van der Waals surface area contributed by atoms with E-state index < -0.39 is 10.2 Å². The maximum Gasteiger partial charge on any atom is 0.281 e. The molecule has 0 aliphatic carbocycles. The Bertz CT molecular complexity index is 735. The van der Waals surface area contributed by atoms with Gasteiger partial charge in [-0.1, -0.05) is 17.7 Å². The van der Waals surface area contributed by atoms with Crippen LogP contribution in [0.25, 0.3) is 0 Å². The molecule has 1 aromatic carbocycles. The maximum absolute atomic E-state index is 11.3. The number of hydrogen-bond acceptors (Lipinski definition) is 5. The SMILES string of the molecule is Nc1ccc(Cc2ccc([N+](=O)[O-])c(C(=O)Cl)c2)nc1Cl. The summed E-state index contributed by atoms with van der Waals surface area (Å²) in [6.45, 7) is 0. The van der Waals surface area contributed by atoms with Gasteiger partial charge in [0, 0.05) is 18.2 Å². The molecule has 0 spiro atoms. The lowest BCUT2D eigenvalue weighted by molar-refractivity contribution is -0.385.